The first-order chi connectivity index (χ1) is 11.1. The summed E-state index contributed by atoms with van der Waals surface area (Å²) in [5.41, 5.74) is 0. The van der Waals surface area contributed by atoms with E-state index in [9.17, 15) is 18.0 Å². The summed E-state index contributed by atoms with van der Waals surface area (Å²) in [6.07, 6.45) is 9.35. The molecule has 0 radical (unpaired) electrons. The van der Waals surface area contributed by atoms with E-state index in [0.717, 1.165) is 19.3 Å². The molecule has 0 spiro atoms. The smallest absolute Gasteiger partial charge is 0.308 e. The largest absolute Gasteiger partial charge is 0.425 e. The Morgan fingerprint density at radius 2 is 1.13 bits per heavy atom. The lowest BCUT2D eigenvalue weighted by Crippen LogP contribution is -2.20. The monoisotopic (exact) mass is 338 g/mol. The Labute approximate surface area is 139 Å². The zero-order valence-corrected chi connectivity index (χ0v) is 14.5. The van der Waals surface area contributed by atoms with Gasteiger partial charge in [0.25, 0.3) is 0 Å². The number of halogens is 3. The molecule has 0 heterocycles. The molecular weight excluding hydrogens is 305 g/mol. The number of rotatable bonds is 16. The summed E-state index contributed by atoms with van der Waals surface area (Å²) >= 11 is 0. The highest BCUT2D eigenvalue weighted by Gasteiger charge is 2.22. The van der Waals surface area contributed by atoms with Crippen molar-refractivity contribution in [1.29, 1.82) is 0 Å². The first kappa shape index (κ1) is 22.3. The van der Waals surface area contributed by atoms with Gasteiger partial charge in [0.1, 0.15) is 0 Å². The van der Waals surface area contributed by atoms with Gasteiger partial charge in [-0.1, -0.05) is 84.0 Å². The molecular formula is C18H33F3O2. The number of carbonyl (C=O) groups is 1. The van der Waals surface area contributed by atoms with Crippen LogP contribution < -0.4 is 0 Å². The van der Waals surface area contributed by atoms with E-state index >= 15 is 0 Å². The van der Waals surface area contributed by atoms with E-state index < -0.39 is 18.8 Å². The van der Waals surface area contributed by atoms with E-state index in [1.165, 1.54) is 57.8 Å². The molecule has 2 nitrogen and oxygen atoms in total. The van der Waals surface area contributed by atoms with Crippen molar-refractivity contribution in [1.82, 2.24) is 0 Å². The lowest BCUT2D eigenvalue weighted by atomic mass is 10.0. The van der Waals surface area contributed by atoms with E-state index in [4.69, 9.17) is 0 Å². The van der Waals surface area contributed by atoms with Gasteiger partial charge in [-0.2, -0.15) is 4.39 Å². The van der Waals surface area contributed by atoms with Crippen molar-refractivity contribution in [3.63, 3.8) is 0 Å². The predicted octanol–water partition coefficient (Wildman–Crippen LogP) is 6.57. The van der Waals surface area contributed by atoms with Crippen LogP contribution in [0.3, 0.4) is 0 Å². The third-order valence-electron chi connectivity index (χ3n) is 3.93. The minimum Gasteiger partial charge on any atom is -0.425 e. The summed E-state index contributed by atoms with van der Waals surface area (Å²) in [7, 11) is 0. The molecule has 0 saturated heterocycles. The fourth-order valence-corrected chi connectivity index (χ4v) is 2.52. The van der Waals surface area contributed by atoms with E-state index in [1.54, 1.807) is 0 Å². The van der Waals surface area contributed by atoms with Crippen LogP contribution in [0.4, 0.5) is 13.2 Å². The number of ether oxygens (including phenoxy) is 1. The highest BCUT2D eigenvalue weighted by atomic mass is 19.3. The number of hydrogen-bond donors (Lipinski definition) is 0. The van der Waals surface area contributed by atoms with Crippen molar-refractivity contribution in [2.45, 2.75) is 110 Å². The van der Waals surface area contributed by atoms with Crippen molar-refractivity contribution in [3.8, 4) is 0 Å². The van der Waals surface area contributed by atoms with Gasteiger partial charge in [0.05, 0.1) is 0 Å². The second-order valence-electron chi connectivity index (χ2n) is 6.17. The first-order valence-electron chi connectivity index (χ1n) is 9.19. The predicted molar refractivity (Wildman–Crippen MR) is 87.3 cm³/mol. The molecule has 0 bridgehead atoms. The van der Waals surface area contributed by atoms with Gasteiger partial charge in [-0.25, -0.2) is 8.78 Å². The highest BCUT2D eigenvalue weighted by molar-refractivity contribution is 5.69. The molecule has 0 amide bonds. The van der Waals surface area contributed by atoms with Crippen LogP contribution in [-0.4, -0.2) is 18.8 Å². The number of alkyl halides is 3. The zero-order chi connectivity index (χ0) is 17.3. The number of esters is 1. The minimum absolute atomic E-state index is 0.0187. The van der Waals surface area contributed by atoms with Crippen LogP contribution in [-0.2, 0) is 9.53 Å². The maximum atomic E-state index is 12.4. The second kappa shape index (κ2) is 16.1. The van der Waals surface area contributed by atoms with E-state index in [0.29, 0.717) is 6.42 Å². The average Bonchev–Trinajstić information content (AvgIpc) is 2.51. The molecule has 0 aliphatic rings. The standard InChI is InChI=1S/C18H33F3O2/c1-2-3-4-5-6-7-8-9-10-11-12-13-14-15-16(22)23-18(21)17(19)20/h17-18H,2-15H2,1H3. The minimum atomic E-state index is -3.26. The Hall–Kier alpha value is -0.740. The van der Waals surface area contributed by atoms with Crippen molar-refractivity contribution in [3.05, 3.63) is 0 Å². The van der Waals surface area contributed by atoms with Gasteiger partial charge < -0.3 is 4.74 Å². The fourth-order valence-electron chi connectivity index (χ4n) is 2.52. The molecule has 0 aliphatic carbocycles. The van der Waals surface area contributed by atoms with Crippen LogP contribution in [0.15, 0.2) is 0 Å². The molecule has 0 rings (SSSR count). The third kappa shape index (κ3) is 15.9. The normalized spacial score (nSPS) is 12.6. The zero-order valence-electron chi connectivity index (χ0n) is 14.5. The summed E-state index contributed by atoms with van der Waals surface area (Å²) in [5.74, 6) is -0.874. The lowest BCUT2D eigenvalue weighted by Gasteiger charge is -2.08. The van der Waals surface area contributed by atoms with Crippen molar-refractivity contribution in [2.24, 2.45) is 0 Å². The van der Waals surface area contributed by atoms with Gasteiger partial charge in [0, 0.05) is 6.42 Å². The van der Waals surface area contributed by atoms with Crippen molar-refractivity contribution < 1.29 is 22.7 Å². The van der Waals surface area contributed by atoms with Gasteiger partial charge >= 0.3 is 18.8 Å². The van der Waals surface area contributed by atoms with Gasteiger partial charge in [-0.15, -0.1) is 0 Å². The van der Waals surface area contributed by atoms with Crippen molar-refractivity contribution >= 4 is 5.97 Å². The topological polar surface area (TPSA) is 26.3 Å². The van der Waals surface area contributed by atoms with Crippen LogP contribution in [0.2, 0.25) is 0 Å². The van der Waals surface area contributed by atoms with Gasteiger partial charge in [-0.05, 0) is 6.42 Å². The van der Waals surface area contributed by atoms with E-state index in [2.05, 4.69) is 11.7 Å². The van der Waals surface area contributed by atoms with E-state index in [-0.39, 0.29) is 6.42 Å². The number of carbonyl (C=O) groups excluding carboxylic acids is 1. The molecule has 0 aromatic carbocycles. The van der Waals surface area contributed by atoms with Crippen LogP contribution >= 0.6 is 0 Å². The van der Waals surface area contributed by atoms with Crippen LogP contribution in [0.5, 0.6) is 0 Å². The molecule has 0 saturated carbocycles. The number of hydrogen-bond acceptors (Lipinski definition) is 2. The highest BCUT2D eigenvalue weighted by Crippen LogP contribution is 2.14. The summed E-state index contributed by atoms with van der Waals surface area (Å²) < 4.78 is 40.1. The summed E-state index contributed by atoms with van der Waals surface area (Å²) in [5, 5.41) is 0. The molecule has 0 aliphatic heterocycles. The quantitative estimate of drug-likeness (QED) is 0.235. The Morgan fingerprint density at radius 1 is 0.739 bits per heavy atom. The third-order valence-corrected chi connectivity index (χ3v) is 3.93. The summed E-state index contributed by atoms with van der Waals surface area (Å²) in [6.45, 7) is 2.23. The van der Waals surface area contributed by atoms with Crippen LogP contribution in [0, 0.1) is 0 Å². The molecule has 138 valence electrons. The molecule has 0 fully saturated rings. The first-order valence-corrected chi connectivity index (χ1v) is 9.19. The molecule has 5 heteroatoms. The van der Waals surface area contributed by atoms with Gasteiger partial charge in [-0.3, -0.25) is 4.79 Å². The Kier molecular flexibility index (Phi) is 15.6. The molecule has 0 aromatic heterocycles. The maximum Gasteiger partial charge on any atom is 0.308 e. The molecule has 23 heavy (non-hydrogen) atoms. The van der Waals surface area contributed by atoms with E-state index in [1.807, 2.05) is 0 Å². The SMILES string of the molecule is CCCCCCCCCCCCCCCC(=O)OC(F)C(F)F. The van der Waals surface area contributed by atoms with Crippen LogP contribution in [0.25, 0.3) is 0 Å². The average molecular weight is 338 g/mol. The molecule has 0 aromatic rings. The maximum absolute atomic E-state index is 12.4. The summed E-state index contributed by atoms with van der Waals surface area (Å²) in [4.78, 5) is 11.1. The van der Waals surface area contributed by atoms with Crippen molar-refractivity contribution in [2.75, 3.05) is 0 Å². The van der Waals surface area contributed by atoms with Gasteiger partial charge in [0.2, 0.25) is 0 Å². The number of unbranched alkanes of at least 4 members (excludes halogenated alkanes) is 12. The lowest BCUT2D eigenvalue weighted by molar-refractivity contribution is -0.174. The molecule has 1 atom stereocenters. The Balaban J connectivity index is 3.20. The molecule has 0 N–H and O–H groups in total. The summed E-state index contributed by atoms with van der Waals surface area (Å²) in [6, 6.07) is 0. The fraction of sp³-hybridized carbons (Fsp3) is 0.944. The van der Waals surface area contributed by atoms with Crippen LogP contribution in [0.1, 0.15) is 96.8 Å². The Bertz CT molecular complexity index is 273. The molecule has 1 unspecified atom stereocenters. The van der Waals surface area contributed by atoms with Gasteiger partial charge in [0.15, 0.2) is 0 Å². The Morgan fingerprint density at radius 3 is 1.52 bits per heavy atom. The second-order valence-corrected chi connectivity index (χ2v) is 6.17.